The Morgan fingerprint density at radius 2 is 1.48 bits per heavy atom. The van der Waals surface area contributed by atoms with E-state index in [9.17, 15) is 4.39 Å². The highest BCUT2D eigenvalue weighted by atomic mass is 19.1. The summed E-state index contributed by atoms with van der Waals surface area (Å²) >= 11 is 0. The second kappa shape index (κ2) is 8.36. The van der Waals surface area contributed by atoms with Crippen LogP contribution in [0.15, 0.2) is 103 Å². The lowest BCUT2D eigenvalue weighted by molar-refractivity contribution is 0.628. The average molecular weight is 405 g/mol. The average Bonchev–Trinajstić information content (AvgIpc) is 2.83. The van der Waals surface area contributed by atoms with Crippen molar-refractivity contribution in [3.63, 3.8) is 0 Å². The Labute approximate surface area is 180 Å². The Balaban J connectivity index is 1.36. The molecule has 0 unspecified atom stereocenters. The Kier molecular flexibility index (Phi) is 5.11. The second-order valence-electron chi connectivity index (χ2n) is 7.35. The van der Waals surface area contributed by atoms with Crippen LogP contribution >= 0.6 is 0 Å². The molecule has 2 heterocycles. The predicted molar refractivity (Wildman–Crippen MR) is 124 cm³/mol. The molecular formula is C27H20FN3. The topological polar surface area (TPSA) is 37.8 Å². The smallest absolute Gasteiger partial charge is 0.135 e. The van der Waals surface area contributed by atoms with Crippen molar-refractivity contribution in [2.24, 2.45) is 0 Å². The SMILES string of the molecule is Fc1cccc(-c2ccc3c(NCc4ccc(-c5ccccc5)cc4)nccc3n2)c1. The molecule has 31 heavy (non-hydrogen) atoms. The molecule has 4 heteroatoms. The number of fused-ring (bicyclic) bond motifs is 1. The van der Waals surface area contributed by atoms with E-state index in [4.69, 9.17) is 4.98 Å². The fourth-order valence-corrected chi connectivity index (χ4v) is 3.64. The second-order valence-corrected chi connectivity index (χ2v) is 7.35. The maximum Gasteiger partial charge on any atom is 0.135 e. The molecule has 0 fully saturated rings. The number of aromatic nitrogens is 2. The van der Waals surface area contributed by atoms with Crippen molar-refractivity contribution in [1.82, 2.24) is 9.97 Å². The van der Waals surface area contributed by atoms with Crippen LogP contribution in [0.2, 0.25) is 0 Å². The first-order chi connectivity index (χ1) is 15.3. The number of nitrogens with zero attached hydrogens (tertiary/aromatic N) is 2. The van der Waals surface area contributed by atoms with Crippen molar-refractivity contribution in [3.8, 4) is 22.4 Å². The first-order valence-electron chi connectivity index (χ1n) is 10.2. The number of benzene rings is 3. The third-order valence-corrected chi connectivity index (χ3v) is 5.26. The minimum atomic E-state index is -0.269. The van der Waals surface area contributed by atoms with Gasteiger partial charge in [0.1, 0.15) is 11.6 Å². The summed E-state index contributed by atoms with van der Waals surface area (Å²) in [7, 11) is 0. The van der Waals surface area contributed by atoms with E-state index < -0.39 is 0 Å². The highest BCUT2D eigenvalue weighted by molar-refractivity contribution is 5.90. The molecule has 3 aromatic carbocycles. The van der Waals surface area contributed by atoms with E-state index in [0.29, 0.717) is 6.54 Å². The van der Waals surface area contributed by atoms with Gasteiger partial charge in [0.05, 0.1) is 11.2 Å². The quantitative estimate of drug-likeness (QED) is 0.353. The molecule has 0 atom stereocenters. The Morgan fingerprint density at radius 3 is 2.29 bits per heavy atom. The van der Waals surface area contributed by atoms with Crippen molar-refractivity contribution < 1.29 is 4.39 Å². The van der Waals surface area contributed by atoms with Crippen LogP contribution in [0.25, 0.3) is 33.3 Å². The molecule has 1 N–H and O–H groups in total. The molecule has 0 saturated heterocycles. The van der Waals surface area contributed by atoms with Crippen LogP contribution in [0.3, 0.4) is 0 Å². The van der Waals surface area contributed by atoms with Gasteiger partial charge in [-0.1, -0.05) is 66.7 Å². The maximum absolute atomic E-state index is 13.6. The summed E-state index contributed by atoms with van der Waals surface area (Å²) in [6.45, 7) is 0.660. The molecule has 5 rings (SSSR count). The molecule has 5 aromatic rings. The van der Waals surface area contributed by atoms with Crippen LogP contribution in [0, 0.1) is 5.82 Å². The van der Waals surface area contributed by atoms with Crippen molar-refractivity contribution in [3.05, 3.63) is 115 Å². The lowest BCUT2D eigenvalue weighted by atomic mass is 10.0. The molecule has 0 aliphatic carbocycles. The van der Waals surface area contributed by atoms with Crippen molar-refractivity contribution >= 4 is 16.7 Å². The molecule has 0 aliphatic rings. The highest BCUT2D eigenvalue weighted by Gasteiger charge is 2.07. The molecular weight excluding hydrogens is 385 g/mol. The molecule has 0 amide bonds. The van der Waals surface area contributed by atoms with Gasteiger partial charge in [-0.05, 0) is 47.0 Å². The van der Waals surface area contributed by atoms with Crippen LogP contribution in [-0.4, -0.2) is 9.97 Å². The van der Waals surface area contributed by atoms with E-state index in [1.54, 1.807) is 12.3 Å². The number of nitrogens with one attached hydrogen (secondary N) is 1. The van der Waals surface area contributed by atoms with E-state index in [1.165, 1.54) is 28.8 Å². The molecule has 0 spiro atoms. The van der Waals surface area contributed by atoms with Gasteiger partial charge in [-0.15, -0.1) is 0 Å². The molecule has 3 nitrogen and oxygen atoms in total. The maximum atomic E-state index is 13.6. The van der Waals surface area contributed by atoms with E-state index >= 15 is 0 Å². The van der Waals surface area contributed by atoms with Gasteiger partial charge >= 0.3 is 0 Å². The molecule has 0 saturated carbocycles. The van der Waals surface area contributed by atoms with Crippen LogP contribution in [0.5, 0.6) is 0 Å². The molecule has 0 radical (unpaired) electrons. The summed E-state index contributed by atoms with van der Waals surface area (Å²) in [4.78, 5) is 9.19. The summed E-state index contributed by atoms with van der Waals surface area (Å²) in [5.74, 6) is 0.512. The molecule has 150 valence electrons. The predicted octanol–water partition coefficient (Wildman–Crippen LogP) is 6.72. The van der Waals surface area contributed by atoms with Gasteiger partial charge in [0.2, 0.25) is 0 Å². The van der Waals surface area contributed by atoms with Crippen molar-refractivity contribution in [1.29, 1.82) is 0 Å². The fraction of sp³-hybridized carbons (Fsp3) is 0.0370. The monoisotopic (exact) mass is 405 g/mol. The van der Waals surface area contributed by atoms with Gasteiger partial charge in [-0.3, -0.25) is 0 Å². The summed E-state index contributed by atoms with van der Waals surface area (Å²) in [5, 5.41) is 4.35. The molecule has 2 aromatic heterocycles. The number of hydrogen-bond acceptors (Lipinski definition) is 3. The van der Waals surface area contributed by atoms with Gasteiger partial charge in [0.15, 0.2) is 0 Å². The first kappa shape index (κ1) is 18.9. The van der Waals surface area contributed by atoms with Gasteiger partial charge in [-0.2, -0.15) is 0 Å². The number of anilines is 1. The van der Waals surface area contributed by atoms with E-state index in [0.717, 1.165) is 28.0 Å². The Morgan fingerprint density at radius 1 is 0.710 bits per heavy atom. The molecule has 0 bridgehead atoms. The van der Waals surface area contributed by atoms with Gasteiger partial charge in [-0.25, -0.2) is 14.4 Å². The zero-order chi connectivity index (χ0) is 21.0. The summed E-state index contributed by atoms with van der Waals surface area (Å²) in [5.41, 5.74) is 5.88. The third-order valence-electron chi connectivity index (χ3n) is 5.26. The Bertz CT molecular complexity index is 1330. The third kappa shape index (κ3) is 4.14. The Hall–Kier alpha value is -4.05. The first-order valence-corrected chi connectivity index (χ1v) is 10.2. The van der Waals surface area contributed by atoms with Gasteiger partial charge < -0.3 is 5.32 Å². The zero-order valence-electron chi connectivity index (χ0n) is 16.8. The summed E-state index contributed by atoms with van der Waals surface area (Å²) in [6, 6.07) is 31.1. The van der Waals surface area contributed by atoms with E-state index in [2.05, 4.69) is 46.7 Å². The summed E-state index contributed by atoms with van der Waals surface area (Å²) in [6.07, 6.45) is 1.74. The van der Waals surface area contributed by atoms with Crippen molar-refractivity contribution in [2.45, 2.75) is 6.54 Å². The van der Waals surface area contributed by atoms with Crippen LogP contribution in [-0.2, 0) is 6.54 Å². The minimum Gasteiger partial charge on any atom is -0.365 e. The fourth-order valence-electron chi connectivity index (χ4n) is 3.64. The standard InChI is InChI=1S/C27H20FN3/c28-23-8-4-7-22(17-23)25-14-13-24-26(31-25)15-16-29-27(24)30-18-19-9-11-21(12-10-19)20-5-2-1-3-6-20/h1-17H,18H2,(H,29,30). The van der Waals surface area contributed by atoms with Crippen LogP contribution in [0.4, 0.5) is 10.2 Å². The van der Waals surface area contributed by atoms with E-state index in [1.807, 2.05) is 42.5 Å². The highest BCUT2D eigenvalue weighted by Crippen LogP contribution is 2.25. The van der Waals surface area contributed by atoms with Crippen molar-refractivity contribution in [2.75, 3.05) is 5.32 Å². The molecule has 0 aliphatic heterocycles. The lowest BCUT2D eigenvalue weighted by Crippen LogP contribution is -2.02. The van der Waals surface area contributed by atoms with E-state index in [-0.39, 0.29) is 5.82 Å². The van der Waals surface area contributed by atoms with Gasteiger partial charge in [0.25, 0.3) is 0 Å². The minimum absolute atomic E-state index is 0.269. The zero-order valence-corrected chi connectivity index (χ0v) is 16.8. The largest absolute Gasteiger partial charge is 0.365 e. The summed E-state index contributed by atoms with van der Waals surface area (Å²) < 4.78 is 13.6. The van der Waals surface area contributed by atoms with Gasteiger partial charge in [0, 0.05) is 23.7 Å². The normalized spacial score (nSPS) is 10.9. The van der Waals surface area contributed by atoms with Crippen LogP contribution < -0.4 is 5.32 Å². The number of halogens is 1. The number of rotatable bonds is 5. The number of hydrogen-bond donors (Lipinski definition) is 1. The lowest BCUT2D eigenvalue weighted by Gasteiger charge is -2.10. The van der Waals surface area contributed by atoms with Crippen LogP contribution in [0.1, 0.15) is 5.56 Å². The number of pyridine rings is 2.